The number of rotatable bonds is 8. The highest BCUT2D eigenvalue weighted by Crippen LogP contribution is 2.23. The quantitative estimate of drug-likeness (QED) is 0.561. The molecule has 7 heteroatoms. The fourth-order valence-corrected chi connectivity index (χ4v) is 3.56. The maximum absolute atomic E-state index is 12.4. The van der Waals surface area contributed by atoms with Crippen LogP contribution >= 0.6 is 11.8 Å². The predicted molar refractivity (Wildman–Crippen MR) is 110 cm³/mol. The number of imidazole rings is 1. The number of hydrogen-bond donors (Lipinski definition) is 2. The van der Waals surface area contributed by atoms with Gasteiger partial charge in [-0.05, 0) is 56.7 Å². The van der Waals surface area contributed by atoms with Crippen LogP contribution in [0.5, 0.6) is 0 Å². The van der Waals surface area contributed by atoms with Gasteiger partial charge in [0.1, 0.15) is 5.65 Å². The summed E-state index contributed by atoms with van der Waals surface area (Å²) < 4.78 is 2.00. The van der Waals surface area contributed by atoms with Crippen molar-refractivity contribution >= 4 is 29.3 Å². The van der Waals surface area contributed by atoms with Crippen molar-refractivity contribution in [1.29, 1.82) is 0 Å². The van der Waals surface area contributed by atoms with Gasteiger partial charge < -0.3 is 14.8 Å². The van der Waals surface area contributed by atoms with Gasteiger partial charge in [0, 0.05) is 40.6 Å². The van der Waals surface area contributed by atoms with E-state index in [-0.39, 0.29) is 12.3 Å². The summed E-state index contributed by atoms with van der Waals surface area (Å²) in [5.74, 6) is -0.322. The number of fused-ring (bicyclic) bond motifs is 1. The van der Waals surface area contributed by atoms with Crippen molar-refractivity contribution in [2.45, 2.75) is 42.9 Å². The van der Waals surface area contributed by atoms with Crippen LogP contribution in [0.1, 0.15) is 42.7 Å². The molecular weight excluding hydrogens is 374 g/mol. The van der Waals surface area contributed by atoms with Crippen molar-refractivity contribution in [3.63, 3.8) is 0 Å². The molecule has 0 aliphatic heterocycles. The van der Waals surface area contributed by atoms with Crippen molar-refractivity contribution in [1.82, 2.24) is 14.7 Å². The largest absolute Gasteiger partial charge is 0.481 e. The summed E-state index contributed by atoms with van der Waals surface area (Å²) in [5, 5.41) is 11.7. The summed E-state index contributed by atoms with van der Waals surface area (Å²) in [7, 11) is 0. The second kappa shape index (κ2) is 8.48. The van der Waals surface area contributed by atoms with E-state index in [9.17, 15) is 9.59 Å². The van der Waals surface area contributed by atoms with E-state index in [4.69, 9.17) is 5.11 Å². The Balaban J connectivity index is 1.56. The number of hydrogen-bond acceptors (Lipinski definition) is 4. The number of benzene rings is 1. The lowest BCUT2D eigenvalue weighted by atomic mass is 9.98. The number of carbonyl (C=O) groups excluding carboxylic acids is 1. The van der Waals surface area contributed by atoms with Crippen LogP contribution in [0.4, 0.5) is 0 Å². The highest BCUT2D eigenvalue weighted by atomic mass is 32.2. The Hall–Kier alpha value is -2.80. The number of amides is 1. The van der Waals surface area contributed by atoms with Crippen molar-refractivity contribution in [3.05, 3.63) is 66.1 Å². The highest BCUT2D eigenvalue weighted by Gasteiger charge is 2.22. The number of nitrogens with one attached hydrogen (secondary N) is 1. The van der Waals surface area contributed by atoms with Crippen LogP contribution in [-0.4, -0.2) is 31.9 Å². The third kappa shape index (κ3) is 5.36. The first kappa shape index (κ1) is 19.9. The molecule has 0 unspecified atom stereocenters. The molecule has 2 N–H and O–H groups in total. The van der Waals surface area contributed by atoms with Crippen LogP contribution in [0.15, 0.2) is 59.8 Å². The van der Waals surface area contributed by atoms with Gasteiger partial charge in [0.25, 0.3) is 5.91 Å². The van der Waals surface area contributed by atoms with E-state index in [2.05, 4.69) is 10.3 Å². The van der Waals surface area contributed by atoms with Gasteiger partial charge in [0.05, 0.1) is 5.69 Å². The maximum Gasteiger partial charge on any atom is 0.303 e. The lowest BCUT2D eigenvalue weighted by molar-refractivity contribution is -0.137. The third-order valence-electron chi connectivity index (χ3n) is 4.33. The molecule has 3 aromatic rings. The first-order valence-electron chi connectivity index (χ1n) is 9.02. The fraction of sp³-hybridized carbons (Fsp3) is 0.286. The molecule has 3 rings (SSSR count). The van der Waals surface area contributed by atoms with Crippen LogP contribution in [0, 0.1) is 0 Å². The van der Waals surface area contributed by atoms with Gasteiger partial charge in [-0.15, -0.1) is 11.8 Å². The molecular formula is C21H23N3O3S. The van der Waals surface area contributed by atoms with E-state index in [1.54, 1.807) is 23.9 Å². The summed E-state index contributed by atoms with van der Waals surface area (Å²) in [6.07, 6.45) is 4.39. The summed E-state index contributed by atoms with van der Waals surface area (Å²) in [6, 6.07) is 13.3. The molecule has 0 spiro atoms. The molecule has 0 saturated carbocycles. The van der Waals surface area contributed by atoms with Gasteiger partial charge >= 0.3 is 5.97 Å². The van der Waals surface area contributed by atoms with Crippen LogP contribution in [0.25, 0.3) is 5.65 Å². The Kier molecular flexibility index (Phi) is 6.04. The van der Waals surface area contributed by atoms with Crippen LogP contribution in [-0.2, 0) is 10.5 Å². The first-order valence-corrected chi connectivity index (χ1v) is 10.0. The summed E-state index contributed by atoms with van der Waals surface area (Å²) in [5.41, 5.74) is 1.90. The van der Waals surface area contributed by atoms with Gasteiger partial charge in [-0.25, -0.2) is 4.98 Å². The molecule has 0 atom stereocenters. The van der Waals surface area contributed by atoms with Gasteiger partial charge in [-0.3, -0.25) is 9.59 Å². The first-order chi connectivity index (χ1) is 13.3. The molecule has 2 aromatic heterocycles. The summed E-state index contributed by atoms with van der Waals surface area (Å²) >= 11 is 1.66. The van der Waals surface area contributed by atoms with E-state index in [1.807, 2.05) is 61.0 Å². The summed E-state index contributed by atoms with van der Waals surface area (Å²) in [6.45, 7) is 3.65. The van der Waals surface area contributed by atoms with Gasteiger partial charge in [-0.1, -0.05) is 6.07 Å². The number of carbonyl (C=O) groups is 2. The molecule has 1 amide bonds. The second-order valence-electron chi connectivity index (χ2n) is 7.24. The maximum atomic E-state index is 12.4. The van der Waals surface area contributed by atoms with Gasteiger partial charge in [-0.2, -0.15) is 0 Å². The average Bonchev–Trinajstić information content (AvgIpc) is 3.08. The summed E-state index contributed by atoms with van der Waals surface area (Å²) in [4.78, 5) is 28.8. The second-order valence-corrected chi connectivity index (χ2v) is 8.29. The zero-order chi connectivity index (χ0) is 20.1. The minimum absolute atomic E-state index is 0.0198. The Morgan fingerprint density at radius 3 is 2.61 bits per heavy atom. The normalized spacial score (nSPS) is 11.5. The fourth-order valence-electron chi connectivity index (χ4n) is 2.78. The minimum Gasteiger partial charge on any atom is -0.481 e. The van der Waals surface area contributed by atoms with Gasteiger partial charge in [0.2, 0.25) is 0 Å². The van der Waals surface area contributed by atoms with Gasteiger partial charge in [0.15, 0.2) is 0 Å². The monoisotopic (exact) mass is 397 g/mol. The van der Waals surface area contributed by atoms with E-state index in [0.717, 1.165) is 22.0 Å². The van der Waals surface area contributed by atoms with E-state index in [1.165, 1.54) is 0 Å². The van der Waals surface area contributed by atoms with Crippen LogP contribution in [0.2, 0.25) is 0 Å². The molecule has 0 aliphatic rings. The number of nitrogens with zero attached hydrogens (tertiary/aromatic N) is 2. The van der Waals surface area contributed by atoms with E-state index in [0.29, 0.717) is 12.0 Å². The number of aromatic nitrogens is 2. The minimum atomic E-state index is -0.866. The SMILES string of the molecule is CC(C)(CCC(=O)O)NC(=O)c1ccc(SCc2cn3ccccc3n2)cc1. The molecule has 0 aliphatic carbocycles. The molecule has 2 heterocycles. The predicted octanol–water partition coefficient (Wildman–Crippen LogP) is 4.00. The Labute approximate surface area is 168 Å². The van der Waals surface area contributed by atoms with Crippen LogP contribution in [0.3, 0.4) is 0 Å². The van der Waals surface area contributed by atoms with Crippen molar-refractivity contribution < 1.29 is 14.7 Å². The number of carboxylic acids is 1. The van der Waals surface area contributed by atoms with E-state index < -0.39 is 11.5 Å². The molecule has 0 radical (unpaired) electrons. The number of pyridine rings is 1. The Morgan fingerprint density at radius 2 is 1.93 bits per heavy atom. The zero-order valence-corrected chi connectivity index (χ0v) is 16.7. The lowest BCUT2D eigenvalue weighted by Crippen LogP contribution is -2.43. The standard InChI is InChI=1S/C21H23N3O3S/c1-21(2,11-10-19(25)26)23-20(27)15-6-8-17(9-7-15)28-14-16-13-24-12-4-3-5-18(24)22-16/h3-9,12-13H,10-11,14H2,1-2H3,(H,23,27)(H,25,26). The number of carboxylic acid groups (broad SMARTS) is 1. The zero-order valence-electron chi connectivity index (χ0n) is 15.9. The van der Waals surface area contributed by atoms with Crippen molar-refractivity contribution in [2.24, 2.45) is 0 Å². The molecule has 146 valence electrons. The van der Waals surface area contributed by atoms with Crippen LogP contribution < -0.4 is 5.32 Å². The molecule has 1 aromatic carbocycles. The molecule has 0 saturated heterocycles. The molecule has 28 heavy (non-hydrogen) atoms. The molecule has 6 nitrogen and oxygen atoms in total. The topological polar surface area (TPSA) is 83.7 Å². The Morgan fingerprint density at radius 1 is 1.18 bits per heavy atom. The van der Waals surface area contributed by atoms with Crippen molar-refractivity contribution in [3.8, 4) is 0 Å². The highest BCUT2D eigenvalue weighted by molar-refractivity contribution is 7.98. The van der Waals surface area contributed by atoms with E-state index >= 15 is 0 Å². The third-order valence-corrected chi connectivity index (χ3v) is 5.38. The number of thioether (sulfide) groups is 1. The Bertz CT molecular complexity index is 947. The van der Waals surface area contributed by atoms with Crippen molar-refractivity contribution in [2.75, 3.05) is 0 Å². The molecule has 0 bridgehead atoms. The average molecular weight is 398 g/mol. The lowest BCUT2D eigenvalue weighted by Gasteiger charge is -2.25. The molecule has 0 fully saturated rings. The number of aliphatic carboxylic acids is 1. The smallest absolute Gasteiger partial charge is 0.303 e.